The number of rotatable bonds is 6. The molecular formula is C7H16BF3N-. The van der Waals surface area contributed by atoms with Gasteiger partial charge in [-0.15, -0.1) is 0 Å². The highest BCUT2D eigenvalue weighted by Crippen LogP contribution is 2.10. The lowest BCUT2D eigenvalue weighted by Crippen LogP contribution is -2.38. The van der Waals surface area contributed by atoms with Gasteiger partial charge in [0.05, 0.1) is 0 Å². The van der Waals surface area contributed by atoms with Crippen molar-refractivity contribution < 1.29 is 12.9 Å². The van der Waals surface area contributed by atoms with Crippen molar-refractivity contribution in [2.45, 2.75) is 26.7 Å². The lowest BCUT2D eigenvalue weighted by Gasteiger charge is -2.26. The largest absolute Gasteiger partial charge is 0.492 e. The van der Waals surface area contributed by atoms with E-state index in [-0.39, 0.29) is 0 Å². The standard InChI is InChI=1S/C7H16BF3N/c1-3-5-12(6-4-2)7-8(9,10)11/h3-7H2,1-2H3/q-1. The van der Waals surface area contributed by atoms with Crippen molar-refractivity contribution in [3.8, 4) is 0 Å². The van der Waals surface area contributed by atoms with E-state index in [4.69, 9.17) is 0 Å². The van der Waals surface area contributed by atoms with E-state index in [0.717, 1.165) is 12.8 Å². The third-order valence-corrected chi connectivity index (χ3v) is 1.54. The highest BCUT2D eigenvalue weighted by Gasteiger charge is 2.25. The van der Waals surface area contributed by atoms with Gasteiger partial charge < -0.3 is 17.8 Å². The predicted molar refractivity (Wildman–Crippen MR) is 46.1 cm³/mol. The molecule has 0 bridgehead atoms. The number of nitrogens with zero attached hydrogens (tertiary/aromatic N) is 1. The second-order valence-corrected chi connectivity index (χ2v) is 3.01. The Labute approximate surface area is 72.0 Å². The molecule has 0 fully saturated rings. The second-order valence-electron chi connectivity index (χ2n) is 3.01. The number of halogens is 3. The van der Waals surface area contributed by atoms with E-state index in [1.807, 2.05) is 13.8 Å². The van der Waals surface area contributed by atoms with Crippen LogP contribution in [-0.2, 0) is 0 Å². The lowest BCUT2D eigenvalue weighted by molar-refractivity contribution is 0.279. The van der Waals surface area contributed by atoms with E-state index < -0.39 is 13.4 Å². The maximum absolute atomic E-state index is 12.0. The van der Waals surface area contributed by atoms with Crippen molar-refractivity contribution >= 4 is 6.98 Å². The Bertz CT molecular complexity index is 110. The third kappa shape index (κ3) is 6.52. The molecule has 1 nitrogen and oxygen atoms in total. The minimum atomic E-state index is -4.64. The van der Waals surface area contributed by atoms with E-state index in [1.54, 1.807) is 0 Å². The van der Waals surface area contributed by atoms with Crippen LogP contribution < -0.4 is 0 Å². The first-order chi connectivity index (χ1) is 5.49. The summed E-state index contributed by atoms with van der Waals surface area (Å²) < 4.78 is 35.9. The quantitative estimate of drug-likeness (QED) is 0.570. The molecule has 12 heavy (non-hydrogen) atoms. The van der Waals surface area contributed by atoms with Crippen molar-refractivity contribution in [3.05, 3.63) is 0 Å². The van der Waals surface area contributed by atoms with Crippen molar-refractivity contribution in [2.24, 2.45) is 0 Å². The van der Waals surface area contributed by atoms with Crippen LogP contribution in [0.15, 0.2) is 0 Å². The van der Waals surface area contributed by atoms with Gasteiger partial charge in [0.2, 0.25) is 0 Å². The Morgan fingerprint density at radius 2 is 1.42 bits per heavy atom. The molecule has 0 unspecified atom stereocenters. The van der Waals surface area contributed by atoms with Gasteiger partial charge in [-0.1, -0.05) is 13.8 Å². The van der Waals surface area contributed by atoms with Crippen LogP contribution in [0.1, 0.15) is 26.7 Å². The smallest absolute Gasteiger partial charge is 0.448 e. The molecule has 74 valence electrons. The van der Waals surface area contributed by atoms with Crippen LogP contribution in [0.3, 0.4) is 0 Å². The predicted octanol–water partition coefficient (Wildman–Crippen LogP) is 2.50. The Morgan fingerprint density at radius 1 is 1.00 bits per heavy atom. The maximum atomic E-state index is 12.0. The molecule has 0 N–H and O–H groups in total. The molecule has 0 saturated carbocycles. The van der Waals surface area contributed by atoms with Gasteiger partial charge in [0, 0.05) is 0 Å². The Balaban J connectivity index is 3.77. The highest BCUT2D eigenvalue weighted by atomic mass is 19.4. The van der Waals surface area contributed by atoms with Crippen LogP contribution in [0.4, 0.5) is 12.9 Å². The molecule has 0 aliphatic rings. The summed E-state index contributed by atoms with van der Waals surface area (Å²) in [7, 11) is 0. The molecule has 0 radical (unpaired) electrons. The third-order valence-electron chi connectivity index (χ3n) is 1.54. The van der Waals surface area contributed by atoms with Crippen LogP contribution in [0.25, 0.3) is 0 Å². The Kier molecular flexibility index (Phi) is 5.37. The molecule has 0 saturated heterocycles. The van der Waals surface area contributed by atoms with E-state index in [2.05, 4.69) is 0 Å². The molecule has 0 spiro atoms. The van der Waals surface area contributed by atoms with Gasteiger partial charge in [-0.25, -0.2) is 0 Å². The van der Waals surface area contributed by atoms with E-state index in [9.17, 15) is 12.9 Å². The summed E-state index contributed by atoms with van der Waals surface area (Å²) in [4.78, 5) is 1.47. The summed E-state index contributed by atoms with van der Waals surface area (Å²) in [5.74, 6) is 0. The maximum Gasteiger partial charge on any atom is 0.492 e. The summed E-state index contributed by atoms with van der Waals surface area (Å²) in [5.41, 5.74) is 0. The summed E-state index contributed by atoms with van der Waals surface area (Å²) in [6.07, 6.45) is 0.861. The fourth-order valence-electron chi connectivity index (χ4n) is 1.22. The molecule has 0 aromatic heterocycles. The van der Waals surface area contributed by atoms with Gasteiger partial charge in [0.25, 0.3) is 0 Å². The van der Waals surface area contributed by atoms with Gasteiger partial charge in [-0.2, -0.15) is 0 Å². The first kappa shape index (κ1) is 11.8. The molecule has 0 aliphatic heterocycles. The summed E-state index contributed by atoms with van der Waals surface area (Å²) in [6, 6.07) is 0. The Morgan fingerprint density at radius 3 is 1.67 bits per heavy atom. The van der Waals surface area contributed by atoms with Crippen molar-refractivity contribution in [1.29, 1.82) is 0 Å². The topological polar surface area (TPSA) is 3.24 Å². The SMILES string of the molecule is CCCN(CCC)C[B-](F)(F)F. The van der Waals surface area contributed by atoms with Crippen molar-refractivity contribution in [3.63, 3.8) is 0 Å². The summed E-state index contributed by atoms with van der Waals surface area (Å²) in [5, 5.41) is 0. The monoisotopic (exact) mass is 182 g/mol. The average Bonchev–Trinajstić information content (AvgIpc) is 1.84. The molecule has 0 aromatic carbocycles. The van der Waals surface area contributed by atoms with Crippen LogP contribution in [0.2, 0.25) is 0 Å². The molecule has 5 heteroatoms. The van der Waals surface area contributed by atoms with Crippen molar-refractivity contribution in [1.82, 2.24) is 4.90 Å². The lowest BCUT2D eigenvalue weighted by atomic mass is 9.91. The van der Waals surface area contributed by atoms with Gasteiger partial charge in [-0.3, -0.25) is 0 Å². The zero-order chi connectivity index (χ0) is 9.61. The molecular weight excluding hydrogens is 166 g/mol. The summed E-state index contributed by atoms with van der Waals surface area (Å²) >= 11 is 0. The molecule has 0 amide bonds. The van der Waals surface area contributed by atoms with Crippen LogP contribution >= 0.6 is 0 Å². The molecule has 0 atom stereocenters. The second kappa shape index (κ2) is 5.46. The molecule has 0 rings (SSSR count). The first-order valence-electron chi connectivity index (χ1n) is 4.43. The average molecular weight is 182 g/mol. The fraction of sp³-hybridized carbons (Fsp3) is 1.00. The van der Waals surface area contributed by atoms with E-state index in [0.29, 0.717) is 13.1 Å². The zero-order valence-electron chi connectivity index (χ0n) is 7.69. The molecule has 0 aliphatic carbocycles. The van der Waals surface area contributed by atoms with Gasteiger partial charge in [0.1, 0.15) is 0 Å². The summed E-state index contributed by atoms with van der Waals surface area (Å²) in [6.45, 7) is 0.247. The minimum Gasteiger partial charge on any atom is -0.448 e. The normalized spacial score (nSPS) is 12.5. The van der Waals surface area contributed by atoms with Crippen LogP contribution in [-0.4, -0.2) is 31.4 Å². The van der Waals surface area contributed by atoms with Gasteiger partial charge in [0.15, 0.2) is 0 Å². The van der Waals surface area contributed by atoms with Crippen LogP contribution in [0, 0.1) is 0 Å². The van der Waals surface area contributed by atoms with Crippen LogP contribution in [0.5, 0.6) is 0 Å². The zero-order valence-corrected chi connectivity index (χ0v) is 7.69. The van der Waals surface area contributed by atoms with E-state index in [1.165, 1.54) is 4.90 Å². The number of hydrogen-bond donors (Lipinski definition) is 0. The van der Waals surface area contributed by atoms with Gasteiger partial charge >= 0.3 is 6.98 Å². The Hall–Kier alpha value is -0.185. The number of hydrogen-bond acceptors (Lipinski definition) is 1. The minimum absolute atomic E-state index is 0.551. The molecule has 0 heterocycles. The molecule has 0 aromatic rings. The van der Waals surface area contributed by atoms with E-state index >= 15 is 0 Å². The highest BCUT2D eigenvalue weighted by molar-refractivity contribution is 6.58. The van der Waals surface area contributed by atoms with Crippen molar-refractivity contribution in [2.75, 3.05) is 19.5 Å². The van der Waals surface area contributed by atoms with Gasteiger partial charge in [-0.05, 0) is 32.4 Å². The first-order valence-corrected chi connectivity index (χ1v) is 4.43. The fourth-order valence-corrected chi connectivity index (χ4v) is 1.22.